The van der Waals surface area contributed by atoms with Gasteiger partial charge in [0.25, 0.3) is 6.43 Å². The van der Waals surface area contributed by atoms with Crippen LogP contribution in [-0.2, 0) is 6.54 Å². The molecule has 2 rings (SSSR count). The zero-order chi connectivity index (χ0) is 11.0. The summed E-state index contributed by atoms with van der Waals surface area (Å²) in [5.74, 6) is -0.740. The highest BCUT2D eigenvalue weighted by molar-refractivity contribution is 5.73. The molecule has 1 aromatic heterocycles. The number of halogens is 2. The van der Waals surface area contributed by atoms with Crippen molar-refractivity contribution in [2.45, 2.75) is 19.9 Å². The van der Waals surface area contributed by atoms with Gasteiger partial charge < -0.3 is 4.42 Å². The minimum Gasteiger partial charge on any atom is -0.408 e. The fourth-order valence-electron chi connectivity index (χ4n) is 1.48. The lowest BCUT2D eigenvalue weighted by Gasteiger charge is -2.00. The van der Waals surface area contributed by atoms with Crippen LogP contribution in [0.4, 0.5) is 8.78 Å². The number of hydrogen-bond acceptors (Lipinski definition) is 2. The first kappa shape index (κ1) is 9.89. The number of fused-ring (bicyclic) bond motifs is 1. The second kappa shape index (κ2) is 3.49. The predicted octanol–water partition coefficient (Wildman–Crippen LogP) is 2.17. The summed E-state index contributed by atoms with van der Waals surface area (Å²) in [6, 6.07) is 5.02. The average Bonchev–Trinajstić information content (AvgIpc) is 2.43. The topological polar surface area (TPSA) is 35.1 Å². The molecule has 2 aromatic rings. The third kappa shape index (κ3) is 1.77. The standard InChI is InChI=1S/C10H9F2NO2/c1-6-2-3-8-7(4-6)13(5-9(11)12)10(14)15-8/h2-4,9H,5H2,1H3. The Balaban J connectivity index is 2.65. The molecule has 0 atom stereocenters. The first-order valence-electron chi connectivity index (χ1n) is 4.46. The maximum atomic E-state index is 12.2. The van der Waals surface area contributed by atoms with Crippen molar-refractivity contribution in [2.75, 3.05) is 0 Å². The fraction of sp³-hybridized carbons (Fsp3) is 0.300. The molecule has 0 aliphatic rings. The fourth-order valence-corrected chi connectivity index (χ4v) is 1.48. The van der Waals surface area contributed by atoms with Gasteiger partial charge in [0.05, 0.1) is 12.1 Å². The maximum Gasteiger partial charge on any atom is 0.420 e. The van der Waals surface area contributed by atoms with E-state index in [0.717, 1.165) is 10.1 Å². The number of hydrogen-bond donors (Lipinski definition) is 0. The maximum absolute atomic E-state index is 12.2. The normalized spacial score (nSPS) is 11.5. The Bertz CT molecular complexity index is 542. The third-order valence-electron chi connectivity index (χ3n) is 2.14. The van der Waals surface area contributed by atoms with Crippen molar-refractivity contribution in [1.82, 2.24) is 4.57 Å². The van der Waals surface area contributed by atoms with E-state index in [1.54, 1.807) is 18.2 Å². The number of aryl methyl sites for hydroxylation is 1. The van der Waals surface area contributed by atoms with E-state index in [9.17, 15) is 13.6 Å². The lowest BCUT2D eigenvalue weighted by Crippen LogP contribution is -2.18. The van der Waals surface area contributed by atoms with Crippen molar-refractivity contribution in [3.05, 3.63) is 34.3 Å². The zero-order valence-corrected chi connectivity index (χ0v) is 8.04. The predicted molar refractivity (Wildman–Crippen MR) is 51.2 cm³/mol. The van der Waals surface area contributed by atoms with E-state index in [2.05, 4.69) is 0 Å². The lowest BCUT2D eigenvalue weighted by molar-refractivity contribution is 0.125. The molecule has 1 aromatic carbocycles. The summed E-state index contributed by atoms with van der Waals surface area (Å²) in [6.45, 7) is 1.19. The van der Waals surface area contributed by atoms with Gasteiger partial charge >= 0.3 is 5.76 Å². The highest BCUT2D eigenvalue weighted by atomic mass is 19.3. The Morgan fingerprint density at radius 1 is 1.47 bits per heavy atom. The quantitative estimate of drug-likeness (QED) is 0.766. The van der Waals surface area contributed by atoms with Gasteiger partial charge in [-0.3, -0.25) is 4.57 Å². The van der Waals surface area contributed by atoms with Gasteiger partial charge in [-0.2, -0.15) is 0 Å². The number of benzene rings is 1. The van der Waals surface area contributed by atoms with Crippen LogP contribution in [0.3, 0.4) is 0 Å². The largest absolute Gasteiger partial charge is 0.420 e. The highest BCUT2D eigenvalue weighted by Gasteiger charge is 2.13. The Kier molecular flexibility index (Phi) is 2.30. The van der Waals surface area contributed by atoms with Crippen LogP contribution in [-0.4, -0.2) is 11.0 Å². The average molecular weight is 213 g/mol. The van der Waals surface area contributed by atoms with Gasteiger partial charge in [-0.05, 0) is 24.6 Å². The van der Waals surface area contributed by atoms with Crippen LogP contribution in [0, 0.1) is 6.92 Å². The van der Waals surface area contributed by atoms with Gasteiger partial charge in [-0.15, -0.1) is 0 Å². The van der Waals surface area contributed by atoms with Crippen LogP contribution >= 0.6 is 0 Å². The minimum atomic E-state index is -2.57. The van der Waals surface area contributed by atoms with E-state index in [-0.39, 0.29) is 0 Å². The molecule has 0 bridgehead atoms. The molecule has 0 fully saturated rings. The molecule has 5 heteroatoms. The third-order valence-corrected chi connectivity index (χ3v) is 2.14. The van der Waals surface area contributed by atoms with Crippen molar-refractivity contribution in [3.63, 3.8) is 0 Å². The summed E-state index contributed by atoms with van der Waals surface area (Å²) in [4.78, 5) is 11.2. The summed E-state index contributed by atoms with van der Waals surface area (Å²) in [5.41, 5.74) is 1.65. The molecule has 0 unspecified atom stereocenters. The van der Waals surface area contributed by atoms with Crippen LogP contribution in [0.2, 0.25) is 0 Å². The van der Waals surface area contributed by atoms with E-state index in [0.29, 0.717) is 11.1 Å². The molecule has 15 heavy (non-hydrogen) atoms. The van der Waals surface area contributed by atoms with Gasteiger partial charge in [0, 0.05) is 0 Å². The Hall–Kier alpha value is -1.65. The van der Waals surface area contributed by atoms with Crippen LogP contribution in [0.25, 0.3) is 11.1 Å². The van der Waals surface area contributed by atoms with Crippen LogP contribution in [0.15, 0.2) is 27.4 Å². The van der Waals surface area contributed by atoms with Gasteiger partial charge in [0.1, 0.15) is 0 Å². The SMILES string of the molecule is Cc1ccc2oc(=O)n(CC(F)F)c2c1. The minimum absolute atomic E-state index is 0.339. The number of oxazole rings is 1. The number of nitrogens with zero attached hydrogens (tertiary/aromatic N) is 1. The summed E-state index contributed by atoms with van der Waals surface area (Å²) in [7, 11) is 0. The van der Waals surface area contributed by atoms with E-state index in [4.69, 9.17) is 4.42 Å². The van der Waals surface area contributed by atoms with Crippen LogP contribution < -0.4 is 5.76 Å². The second-order valence-corrected chi connectivity index (χ2v) is 3.34. The molecular weight excluding hydrogens is 204 g/mol. The Morgan fingerprint density at radius 3 is 2.87 bits per heavy atom. The highest BCUT2D eigenvalue weighted by Crippen LogP contribution is 2.15. The molecule has 80 valence electrons. The monoisotopic (exact) mass is 213 g/mol. The number of aromatic nitrogens is 1. The smallest absolute Gasteiger partial charge is 0.408 e. The van der Waals surface area contributed by atoms with Gasteiger partial charge in [-0.1, -0.05) is 6.07 Å². The first-order valence-corrected chi connectivity index (χ1v) is 4.46. The Labute approximate surface area is 83.9 Å². The van der Waals surface area contributed by atoms with Crippen molar-refractivity contribution in [1.29, 1.82) is 0 Å². The van der Waals surface area contributed by atoms with Crippen molar-refractivity contribution in [3.8, 4) is 0 Å². The summed E-state index contributed by atoms with van der Waals surface area (Å²) >= 11 is 0. The summed E-state index contributed by atoms with van der Waals surface area (Å²) in [5, 5.41) is 0. The van der Waals surface area contributed by atoms with Crippen LogP contribution in [0.5, 0.6) is 0 Å². The lowest BCUT2D eigenvalue weighted by atomic mass is 10.2. The Morgan fingerprint density at radius 2 is 2.20 bits per heavy atom. The molecular formula is C10H9F2NO2. The zero-order valence-electron chi connectivity index (χ0n) is 8.04. The molecule has 0 radical (unpaired) electrons. The van der Waals surface area contributed by atoms with E-state index in [1.807, 2.05) is 6.92 Å². The second-order valence-electron chi connectivity index (χ2n) is 3.34. The molecule has 1 heterocycles. The van der Waals surface area contributed by atoms with E-state index >= 15 is 0 Å². The van der Waals surface area contributed by atoms with Gasteiger partial charge in [0.2, 0.25) is 0 Å². The summed E-state index contributed by atoms with van der Waals surface area (Å²) in [6.07, 6.45) is -2.57. The number of rotatable bonds is 2. The van der Waals surface area contributed by atoms with E-state index in [1.165, 1.54) is 0 Å². The first-order chi connectivity index (χ1) is 7.08. The molecule has 3 nitrogen and oxygen atoms in total. The summed E-state index contributed by atoms with van der Waals surface area (Å²) < 4.78 is 30.2. The molecule has 0 N–H and O–H groups in total. The molecule has 0 aliphatic heterocycles. The number of alkyl halides is 2. The van der Waals surface area contributed by atoms with Crippen LogP contribution in [0.1, 0.15) is 5.56 Å². The van der Waals surface area contributed by atoms with Crippen molar-refractivity contribution >= 4 is 11.1 Å². The van der Waals surface area contributed by atoms with Crippen molar-refractivity contribution in [2.24, 2.45) is 0 Å². The van der Waals surface area contributed by atoms with Crippen molar-refractivity contribution < 1.29 is 13.2 Å². The molecule has 0 spiro atoms. The molecule has 0 amide bonds. The van der Waals surface area contributed by atoms with E-state index < -0.39 is 18.7 Å². The van der Waals surface area contributed by atoms with Gasteiger partial charge in [-0.25, -0.2) is 13.6 Å². The van der Waals surface area contributed by atoms with Gasteiger partial charge in [0.15, 0.2) is 5.58 Å². The molecule has 0 saturated heterocycles. The molecule has 0 saturated carbocycles. The molecule has 0 aliphatic carbocycles.